The fourth-order valence-electron chi connectivity index (χ4n) is 2.51. The fraction of sp³-hybridized carbons (Fsp3) is 0.211. The number of aryl methyl sites for hydroxylation is 3. The third-order valence-electron chi connectivity index (χ3n) is 4.05. The highest BCUT2D eigenvalue weighted by molar-refractivity contribution is 8.00. The number of anilines is 1. The molecule has 6 nitrogen and oxygen atoms in total. The van der Waals surface area contributed by atoms with Crippen molar-refractivity contribution in [3.63, 3.8) is 0 Å². The van der Waals surface area contributed by atoms with Gasteiger partial charge in [-0.15, -0.1) is 10.2 Å². The molecule has 0 saturated carbocycles. The summed E-state index contributed by atoms with van der Waals surface area (Å²) >= 11 is 1.28. The summed E-state index contributed by atoms with van der Waals surface area (Å²) in [6, 6.07) is 15.6. The van der Waals surface area contributed by atoms with Crippen molar-refractivity contribution in [2.75, 3.05) is 11.2 Å². The first kappa shape index (κ1) is 18.0. The predicted octanol–water partition coefficient (Wildman–Crippen LogP) is 3.39. The van der Waals surface area contributed by atoms with Gasteiger partial charge in [0.2, 0.25) is 11.1 Å². The summed E-state index contributed by atoms with van der Waals surface area (Å²) in [5, 5.41) is 11.1. The van der Waals surface area contributed by atoms with Crippen LogP contribution in [-0.2, 0) is 4.79 Å². The summed E-state index contributed by atoms with van der Waals surface area (Å²) in [4.78, 5) is 13.1. The Kier molecular flexibility index (Phi) is 5.27. The Balaban J connectivity index is 1.91. The van der Waals surface area contributed by atoms with Gasteiger partial charge in [0, 0.05) is 5.69 Å². The van der Waals surface area contributed by atoms with E-state index in [-0.39, 0.29) is 5.91 Å². The Hall–Kier alpha value is -2.80. The first-order valence-corrected chi connectivity index (χ1v) is 9.10. The molecule has 1 aromatic heterocycles. The van der Waals surface area contributed by atoms with E-state index >= 15 is 0 Å². The zero-order valence-electron chi connectivity index (χ0n) is 14.9. The molecule has 0 fully saturated rings. The van der Waals surface area contributed by atoms with Crippen molar-refractivity contribution in [1.29, 1.82) is 0 Å². The van der Waals surface area contributed by atoms with Crippen molar-refractivity contribution in [1.82, 2.24) is 14.9 Å². The van der Waals surface area contributed by atoms with Gasteiger partial charge < -0.3 is 11.2 Å². The molecule has 1 amide bonds. The summed E-state index contributed by atoms with van der Waals surface area (Å²) in [6.07, 6.45) is 0. The third-order valence-corrected chi connectivity index (χ3v) is 5.26. The molecular weight excluding hydrogens is 346 g/mol. The van der Waals surface area contributed by atoms with E-state index in [0.717, 1.165) is 22.4 Å². The number of carbonyl (C=O) groups excluding carboxylic acids is 1. The van der Waals surface area contributed by atoms with Gasteiger partial charge >= 0.3 is 0 Å². The summed E-state index contributed by atoms with van der Waals surface area (Å²) < 4.78 is 1.39. The average Bonchev–Trinajstić information content (AvgIpc) is 2.95. The molecule has 3 N–H and O–H groups in total. The number of nitrogens with one attached hydrogen (secondary N) is 1. The molecule has 1 atom stereocenters. The van der Waals surface area contributed by atoms with Crippen LogP contribution in [0.25, 0.3) is 0 Å². The molecule has 3 rings (SSSR count). The lowest BCUT2D eigenvalue weighted by Gasteiger charge is -2.17. The van der Waals surface area contributed by atoms with Gasteiger partial charge in [-0.2, -0.15) is 0 Å². The van der Waals surface area contributed by atoms with Gasteiger partial charge in [-0.05, 0) is 43.5 Å². The monoisotopic (exact) mass is 367 g/mol. The second-order valence-corrected chi connectivity index (χ2v) is 7.19. The van der Waals surface area contributed by atoms with Crippen LogP contribution in [-0.4, -0.2) is 20.8 Å². The Bertz CT molecular complexity index is 923. The highest BCUT2D eigenvalue weighted by Crippen LogP contribution is 2.35. The molecular formula is C19H21N5OS. The number of amides is 1. The first-order valence-electron chi connectivity index (χ1n) is 8.22. The third kappa shape index (κ3) is 3.88. The molecule has 0 bridgehead atoms. The fourth-order valence-corrected chi connectivity index (χ4v) is 3.51. The van der Waals surface area contributed by atoms with Crippen LogP contribution in [0.4, 0.5) is 5.69 Å². The SMILES string of the molecule is Cc1ccc(C)c(NC(=O)C(Sc2nnc(C)n2N)c2ccccc2)c1. The van der Waals surface area contributed by atoms with Crippen LogP contribution in [0.5, 0.6) is 0 Å². The number of nitrogens with zero attached hydrogens (tertiary/aromatic N) is 3. The van der Waals surface area contributed by atoms with Crippen LogP contribution in [0, 0.1) is 20.8 Å². The van der Waals surface area contributed by atoms with E-state index in [1.54, 1.807) is 6.92 Å². The molecule has 0 spiro atoms. The maximum atomic E-state index is 13.1. The minimum absolute atomic E-state index is 0.129. The van der Waals surface area contributed by atoms with Gasteiger partial charge in [0.1, 0.15) is 11.1 Å². The van der Waals surface area contributed by atoms with Gasteiger partial charge in [0.15, 0.2) is 0 Å². The zero-order chi connectivity index (χ0) is 18.7. The number of thioether (sulfide) groups is 1. The molecule has 2 aromatic carbocycles. The standard InChI is InChI=1S/C19H21N5OS/c1-12-9-10-13(2)16(11-12)21-18(25)17(15-7-5-4-6-8-15)26-19-23-22-14(3)24(19)20/h4-11,17H,20H2,1-3H3,(H,21,25). The van der Waals surface area contributed by atoms with Gasteiger partial charge in [-0.25, -0.2) is 4.68 Å². The van der Waals surface area contributed by atoms with Crippen LogP contribution >= 0.6 is 11.8 Å². The van der Waals surface area contributed by atoms with E-state index in [1.165, 1.54) is 16.4 Å². The molecule has 1 heterocycles. The first-order chi connectivity index (χ1) is 12.5. The Morgan fingerprint density at radius 3 is 2.50 bits per heavy atom. The highest BCUT2D eigenvalue weighted by atomic mass is 32.2. The average molecular weight is 367 g/mol. The van der Waals surface area contributed by atoms with Crippen LogP contribution in [0.3, 0.4) is 0 Å². The topological polar surface area (TPSA) is 85.8 Å². The Morgan fingerprint density at radius 1 is 1.12 bits per heavy atom. The van der Waals surface area contributed by atoms with Crippen LogP contribution < -0.4 is 11.2 Å². The Morgan fingerprint density at radius 2 is 1.85 bits per heavy atom. The molecule has 0 aliphatic carbocycles. The number of nitrogens with two attached hydrogens (primary N) is 1. The smallest absolute Gasteiger partial charge is 0.242 e. The lowest BCUT2D eigenvalue weighted by molar-refractivity contribution is -0.115. The van der Waals surface area contributed by atoms with Crippen molar-refractivity contribution in [2.24, 2.45) is 0 Å². The largest absolute Gasteiger partial charge is 0.336 e. The molecule has 0 aliphatic rings. The van der Waals surface area contributed by atoms with Gasteiger partial charge in [0.05, 0.1) is 0 Å². The van der Waals surface area contributed by atoms with E-state index in [4.69, 9.17) is 5.84 Å². The number of carbonyl (C=O) groups is 1. The second-order valence-electron chi connectivity index (χ2n) is 6.12. The van der Waals surface area contributed by atoms with Gasteiger partial charge in [-0.3, -0.25) is 4.79 Å². The molecule has 7 heteroatoms. The minimum atomic E-state index is -0.498. The van der Waals surface area contributed by atoms with Crippen molar-refractivity contribution in [2.45, 2.75) is 31.2 Å². The highest BCUT2D eigenvalue weighted by Gasteiger charge is 2.25. The van der Waals surface area contributed by atoms with Crippen molar-refractivity contribution < 1.29 is 4.79 Å². The van der Waals surface area contributed by atoms with Gasteiger partial charge in [0.25, 0.3) is 0 Å². The summed E-state index contributed by atoms with van der Waals surface area (Å²) in [5.74, 6) is 6.43. The van der Waals surface area contributed by atoms with E-state index in [1.807, 2.05) is 62.4 Å². The normalized spacial score (nSPS) is 12.0. The van der Waals surface area contributed by atoms with Crippen LogP contribution in [0.1, 0.15) is 27.8 Å². The molecule has 134 valence electrons. The number of hydrogen-bond acceptors (Lipinski definition) is 5. The second kappa shape index (κ2) is 7.61. The van der Waals surface area contributed by atoms with Gasteiger partial charge in [-0.1, -0.05) is 54.2 Å². The molecule has 26 heavy (non-hydrogen) atoms. The predicted molar refractivity (Wildman–Crippen MR) is 104 cm³/mol. The molecule has 1 unspecified atom stereocenters. The summed E-state index contributed by atoms with van der Waals surface area (Å²) in [5.41, 5.74) is 3.79. The van der Waals surface area contributed by atoms with Crippen LogP contribution in [0.15, 0.2) is 53.7 Å². The summed E-state index contributed by atoms with van der Waals surface area (Å²) in [7, 11) is 0. The zero-order valence-corrected chi connectivity index (χ0v) is 15.7. The van der Waals surface area contributed by atoms with E-state index in [2.05, 4.69) is 15.5 Å². The van der Waals surface area contributed by atoms with Crippen molar-refractivity contribution in [3.05, 3.63) is 71.0 Å². The van der Waals surface area contributed by atoms with Crippen molar-refractivity contribution in [3.8, 4) is 0 Å². The molecule has 0 saturated heterocycles. The number of nitrogen functional groups attached to an aromatic ring is 1. The maximum absolute atomic E-state index is 13.1. The van der Waals surface area contributed by atoms with Crippen LogP contribution in [0.2, 0.25) is 0 Å². The van der Waals surface area contributed by atoms with E-state index < -0.39 is 5.25 Å². The molecule has 0 aliphatic heterocycles. The maximum Gasteiger partial charge on any atom is 0.242 e. The van der Waals surface area contributed by atoms with E-state index in [0.29, 0.717) is 11.0 Å². The number of hydrogen-bond donors (Lipinski definition) is 2. The Labute approximate surface area is 156 Å². The summed E-state index contributed by atoms with van der Waals surface area (Å²) in [6.45, 7) is 5.74. The quantitative estimate of drug-likeness (QED) is 0.533. The lowest BCUT2D eigenvalue weighted by atomic mass is 10.1. The molecule has 3 aromatic rings. The molecule has 0 radical (unpaired) electrons. The number of rotatable bonds is 5. The number of aromatic nitrogens is 3. The van der Waals surface area contributed by atoms with E-state index in [9.17, 15) is 4.79 Å². The number of benzene rings is 2. The lowest BCUT2D eigenvalue weighted by Crippen LogP contribution is -2.21. The minimum Gasteiger partial charge on any atom is -0.336 e. The van der Waals surface area contributed by atoms with Crippen molar-refractivity contribution >= 4 is 23.4 Å².